The highest BCUT2D eigenvalue weighted by atomic mass is 14.8. The molecule has 2 heteroatoms. The summed E-state index contributed by atoms with van der Waals surface area (Å²) in [4.78, 5) is 7.95. The molecule has 0 spiro atoms. The zero-order chi connectivity index (χ0) is 17.5. The fourth-order valence-electron chi connectivity index (χ4n) is 3.58. The highest BCUT2D eigenvalue weighted by molar-refractivity contribution is 5.96. The molecule has 5 rings (SSSR count). The van der Waals surface area contributed by atoms with Gasteiger partial charge in [0.15, 0.2) is 0 Å². The predicted octanol–water partition coefficient (Wildman–Crippen LogP) is 6.36. The monoisotopic (exact) mass is 334 g/mol. The van der Waals surface area contributed by atoms with Crippen LogP contribution in [0, 0.1) is 6.92 Å². The first-order chi connectivity index (χ1) is 12.8. The zero-order valence-electron chi connectivity index (χ0n) is 14.5. The first kappa shape index (κ1) is 14.9. The van der Waals surface area contributed by atoms with Gasteiger partial charge in [-0.3, -0.25) is 0 Å². The van der Waals surface area contributed by atoms with Crippen LogP contribution in [-0.2, 0) is 0 Å². The van der Waals surface area contributed by atoms with Crippen molar-refractivity contribution in [2.24, 2.45) is 0 Å². The standard InChI is InChI=1S/C24H18N2/c1-16-5-4-8-20(11-16)23-15-26-24-22(23)13-21(14-25-24)19-10-9-17-6-2-3-7-18(17)12-19/h2-15H,1H3,(H,25,26). The number of hydrogen-bond donors (Lipinski definition) is 1. The van der Waals surface area contributed by atoms with Gasteiger partial charge in [-0.15, -0.1) is 0 Å². The van der Waals surface area contributed by atoms with Gasteiger partial charge in [-0.05, 0) is 41.0 Å². The fraction of sp³-hybridized carbons (Fsp3) is 0.0417. The molecule has 0 amide bonds. The number of hydrogen-bond acceptors (Lipinski definition) is 1. The second kappa shape index (κ2) is 5.85. The molecule has 1 N–H and O–H groups in total. The Bertz CT molecular complexity index is 1250. The molecule has 5 aromatic rings. The summed E-state index contributed by atoms with van der Waals surface area (Å²) in [5.41, 5.74) is 6.92. The molecule has 0 atom stereocenters. The maximum atomic E-state index is 4.65. The van der Waals surface area contributed by atoms with Crippen LogP contribution in [0.3, 0.4) is 0 Å². The summed E-state index contributed by atoms with van der Waals surface area (Å²) in [6.45, 7) is 2.12. The van der Waals surface area contributed by atoms with Crippen LogP contribution in [0.2, 0.25) is 0 Å². The molecule has 0 aliphatic carbocycles. The van der Waals surface area contributed by atoms with Crippen molar-refractivity contribution in [2.75, 3.05) is 0 Å². The molecule has 2 aromatic heterocycles. The van der Waals surface area contributed by atoms with Crippen LogP contribution < -0.4 is 0 Å². The lowest BCUT2D eigenvalue weighted by atomic mass is 9.99. The van der Waals surface area contributed by atoms with E-state index in [2.05, 4.69) is 95.9 Å². The molecule has 0 unspecified atom stereocenters. The normalized spacial score (nSPS) is 11.3. The number of nitrogens with zero attached hydrogens (tertiary/aromatic N) is 1. The summed E-state index contributed by atoms with van der Waals surface area (Å²) >= 11 is 0. The molecule has 26 heavy (non-hydrogen) atoms. The Hall–Kier alpha value is -3.39. The molecule has 2 heterocycles. The van der Waals surface area contributed by atoms with E-state index < -0.39 is 0 Å². The molecule has 0 saturated carbocycles. The molecular formula is C24H18N2. The zero-order valence-corrected chi connectivity index (χ0v) is 14.5. The Morgan fingerprint density at radius 1 is 0.731 bits per heavy atom. The molecule has 0 radical (unpaired) electrons. The van der Waals surface area contributed by atoms with E-state index in [1.54, 1.807) is 0 Å². The topological polar surface area (TPSA) is 28.7 Å². The van der Waals surface area contributed by atoms with Gasteiger partial charge < -0.3 is 4.98 Å². The van der Waals surface area contributed by atoms with Crippen LogP contribution in [0.4, 0.5) is 0 Å². The fourth-order valence-corrected chi connectivity index (χ4v) is 3.58. The van der Waals surface area contributed by atoms with Crippen molar-refractivity contribution in [3.05, 3.63) is 90.8 Å². The van der Waals surface area contributed by atoms with Crippen molar-refractivity contribution in [2.45, 2.75) is 6.92 Å². The van der Waals surface area contributed by atoms with Gasteiger partial charge in [0, 0.05) is 28.9 Å². The molecule has 124 valence electrons. The minimum atomic E-state index is 0.922. The van der Waals surface area contributed by atoms with Gasteiger partial charge in [0.05, 0.1) is 0 Å². The Labute approximate surface area is 152 Å². The van der Waals surface area contributed by atoms with Crippen LogP contribution >= 0.6 is 0 Å². The first-order valence-corrected chi connectivity index (χ1v) is 8.81. The number of nitrogens with one attached hydrogen (secondary N) is 1. The molecule has 0 aliphatic heterocycles. The Kier molecular flexibility index (Phi) is 3.36. The summed E-state index contributed by atoms with van der Waals surface area (Å²) in [5.74, 6) is 0. The van der Waals surface area contributed by atoms with Crippen LogP contribution in [-0.4, -0.2) is 9.97 Å². The number of aryl methyl sites for hydroxylation is 1. The largest absolute Gasteiger partial charge is 0.346 e. The number of aromatic nitrogens is 2. The van der Waals surface area contributed by atoms with Crippen molar-refractivity contribution in [1.82, 2.24) is 9.97 Å². The number of pyridine rings is 1. The van der Waals surface area contributed by atoms with Crippen LogP contribution in [0.5, 0.6) is 0 Å². The highest BCUT2D eigenvalue weighted by Crippen LogP contribution is 2.32. The lowest BCUT2D eigenvalue weighted by molar-refractivity contribution is 1.33. The molecule has 0 fully saturated rings. The van der Waals surface area contributed by atoms with Crippen LogP contribution in [0.25, 0.3) is 44.1 Å². The average molecular weight is 334 g/mol. The molecule has 2 nitrogen and oxygen atoms in total. The van der Waals surface area contributed by atoms with E-state index in [4.69, 9.17) is 0 Å². The van der Waals surface area contributed by atoms with Crippen molar-refractivity contribution < 1.29 is 0 Å². The van der Waals surface area contributed by atoms with Gasteiger partial charge >= 0.3 is 0 Å². The van der Waals surface area contributed by atoms with Gasteiger partial charge in [-0.25, -0.2) is 4.98 Å². The van der Waals surface area contributed by atoms with E-state index in [1.165, 1.54) is 33.0 Å². The van der Waals surface area contributed by atoms with Gasteiger partial charge in [-0.1, -0.05) is 66.2 Å². The molecule has 0 saturated heterocycles. The van der Waals surface area contributed by atoms with E-state index in [9.17, 15) is 0 Å². The van der Waals surface area contributed by atoms with Gasteiger partial charge in [0.2, 0.25) is 0 Å². The Morgan fingerprint density at radius 3 is 2.50 bits per heavy atom. The van der Waals surface area contributed by atoms with Crippen LogP contribution in [0.1, 0.15) is 5.56 Å². The minimum absolute atomic E-state index is 0.922. The summed E-state index contributed by atoms with van der Waals surface area (Å²) in [5, 5.41) is 3.66. The molecule has 3 aromatic carbocycles. The van der Waals surface area contributed by atoms with E-state index in [0.29, 0.717) is 0 Å². The van der Waals surface area contributed by atoms with Gasteiger partial charge in [0.1, 0.15) is 5.65 Å². The number of rotatable bonds is 2. The van der Waals surface area contributed by atoms with Gasteiger partial charge in [-0.2, -0.15) is 0 Å². The summed E-state index contributed by atoms with van der Waals surface area (Å²) in [6.07, 6.45) is 4.00. The number of benzene rings is 3. The van der Waals surface area contributed by atoms with Crippen molar-refractivity contribution in [3.8, 4) is 22.3 Å². The maximum absolute atomic E-state index is 4.65. The second-order valence-electron chi connectivity index (χ2n) is 6.75. The number of aromatic amines is 1. The molecular weight excluding hydrogens is 316 g/mol. The summed E-state index contributed by atoms with van der Waals surface area (Å²) in [7, 11) is 0. The average Bonchev–Trinajstić information content (AvgIpc) is 3.11. The highest BCUT2D eigenvalue weighted by Gasteiger charge is 2.09. The third-order valence-electron chi connectivity index (χ3n) is 4.94. The minimum Gasteiger partial charge on any atom is -0.346 e. The number of H-pyrrole nitrogens is 1. The molecule has 0 aliphatic rings. The smallest absolute Gasteiger partial charge is 0.137 e. The maximum Gasteiger partial charge on any atom is 0.137 e. The van der Waals surface area contributed by atoms with E-state index >= 15 is 0 Å². The van der Waals surface area contributed by atoms with E-state index in [1.807, 2.05) is 6.20 Å². The Morgan fingerprint density at radius 2 is 1.62 bits per heavy atom. The van der Waals surface area contributed by atoms with Gasteiger partial charge in [0.25, 0.3) is 0 Å². The SMILES string of the molecule is Cc1cccc(-c2c[nH]c3ncc(-c4ccc5ccccc5c4)cc23)c1. The Balaban J connectivity index is 1.68. The summed E-state index contributed by atoms with van der Waals surface area (Å²) < 4.78 is 0. The van der Waals surface area contributed by atoms with Crippen molar-refractivity contribution in [3.63, 3.8) is 0 Å². The van der Waals surface area contributed by atoms with E-state index in [0.717, 1.165) is 16.6 Å². The van der Waals surface area contributed by atoms with Crippen molar-refractivity contribution in [1.29, 1.82) is 0 Å². The summed E-state index contributed by atoms with van der Waals surface area (Å²) in [6, 6.07) is 25.8. The first-order valence-electron chi connectivity index (χ1n) is 8.81. The lowest BCUT2D eigenvalue weighted by Gasteiger charge is -2.06. The third kappa shape index (κ3) is 2.47. The lowest BCUT2D eigenvalue weighted by Crippen LogP contribution is -1.84. The quantitative estimate of drug-likeness (QED) is 0.400. The second-order valence-corrected chi connectivity index (χ2v) is 6.75. The molecule has 0 bridgehead atoms. The van der Waals surface area contributed by atoms with Crippen molar-refractivity contribution >= 4 is 21.8 Å². The predicted molar refractivity (Wildman–Crippen MR) is 109 cm³/mol. The van der Waals surface area contributed by atoms with Crippen LogP contribution in [0.15, 0.2) is 85.2 Å². The number of fused-ring (bicyclic) bond motifs is 2. The van der Waals surface area contributed by atoms with E-state index in [-0.39, 0.29) is 0 Å². The third-order valence-corrected chi connectivity index (χ3v) is 4.94.